The Hall–Kier alpha value is -2.78. The van der Waals surface area contributed by atoms with Gasteiger partial charge in [-0.2, -0.15) is 5.26 Å². The number of ether oxygens (including phenoxy) is 1. The van der Waals surface area contributed by atoms with Gasteiger partial charge in [-0.25, -0.2) is 4.98 Å². The first-order valence-corrected chi connectivity index (χ1v) is 10.8. The normalized spacial score (nSPS) is 19.8. The fraction of sp³-hybridized carbons (Fsp3) is 0.360. The van der Waals surface area contributed by atoms with E-state index in [1.807, 2.05) is 18.2 Å². The van der Waals surface area contributed by atoms with E-state index in [9.17, 15) is 5.26 Å². The van der Waals surface area contributed by atoms with E-state index >= 15 is 0 Å². The van der Waals surface area contributed by atoms with Crippen LogP contribution < -0.4 is 5.32 Å². The van der Waals surface area contributed by atoms with Gasteiger partial charge in [0, 0.05) is 36.6 Å². The van der Waals surface area contributed by atoms with Gasteiger partial charge in [-0.15, -0.1) is 0 Å². The highest BCUT2D eigenvalue weighted by molar-refractivity contribution is 5.86. The molecule has 3 heterocycles. The lowest BCUT2D eigenvalue weighted by Gasteiger charge is -2.27. The largest absolute Gasteiger partial charge is 0.379 e. The molecule has 0 amide bonds. The fourth-order valence-electron chi connectivity index (χ4n) is 4.50. The minimum atomic E-state index is 0.471. The van der Waals surface area contributed by atoms with Gasteiger partial charge in [0.2, 0.25) is 0 Å². The smallest absolute Gasteiger partial charge is 0.0992 e. The summed E-state index contributed by atoms with van der Waals surface area (Å²) in [6.45, 7) is 5.42. The first kappa shape index (κ1) is 19.2. The van der Waals surface area contributed by atoms with Gasteiger partial charge in [-0.05, 0) is 48.7 Å². The van der Waals surface area contributed by atoms with Crippen molar-refractivity contribution in [2.75, 3.05) is 32.8 Å². The molecule has 0 spiro atoms. The number of nitrogens with zero attached hydrogens (tertiary/aromatic N) is 3. The van der Waals surface area contributed by atoms with Crippen LogP contribution in [-0.2, 0) is 11.3 Å². The van der Waals surface area contributed by atoms with E-state index < -0.39 is 0 Å². The standard InChI is InChI=1S/C25H26N4O/c26-16-18-3-8-22-21(17-29-10-12-30-13-11-29)15-24(28-25(22)14-18)20-6-4-19(5-7-20)23-2-1-9-27-23/h3-8,14-15,23,27H,1-2,9-13,17H2. The zero-order valence-corrected chi connectivity index (χ0v) is 17.1. The van der Waals surface area contributed by atoms with Gasteiger partial charge in [0.05, 0.1) is 36.1 Å². The number of rotatable bonds is 4. The molecule has 5 rings (SSSR count). The Morgan fingerprint density at radius 2 is 1.93 bits per heavy atom. The molecule has 0 aliphatic carbocycles. The topological polar surface area (TPSA) is 61.2 Å². The van der Waals surface area contributed by atoms with E-state index in [0.29, 0.717) is 11.6 Å². The lowest BCUT2D eigenvalue weighted by atomic mass is 9.99. The summed E-state index contributed by atoms with van der Waals surface area (Å²) in [4.78, 5) is 7.35. The Kier molecular flexibility index (Phi) is 5.46. The van der Waals surface area contributed by atoms with Crippen molar-refractivity contribution in [2.24, 2.45) is 0 Å². The molecule has 2 aromatic carbocycles. The van der Waals surface area contributed by atoms with E-state index in [0.717, 1.165) is 61.6 Å². The number of nitriles is 1. The molecule has 0 radical (unpaired) electrons. The number of hydrogen-bond donors (Lipinski definition) is 1. The summed E-state index contributed by atoms with van der Waals surface area (Å²) in [6, 6.07) is 19.5. The summed E-state index contributed by atoms with van der Waals surface area (Å²) in [6.07, 6.45) is 2.44. The van der Waals surface area contributed by atoms with E-state index in [-0.39, 0.29) is 0 Å². The molecule has 1 N–H and O–H groups in total. The van der Waals surface area contributed by atoms with Crippen LogP contribution in [0, 0.1) is 11.3 Å². The number of nitrogens with one attached hydrogen (secondary N) is 1. The van der Waals surface area contributed by atoms with Crippen LogP contribution in [0.2, 0.25) is 0 Å². The van der Waals surface area contributed by atoms with Gasteiger partial charge < -0.3 is 10.1 Å². The molecule has 0 saturated carbocycles. The third-order valence-corrected chi connectivity index (χ3v) is 6.19. The van der Waals surface area contributed by atoms with Gasteiger partial charge in [0.15, 0.2) is 0 Å². The highest BCUT2D eigenvalue weighted by Crippen LogP contribution is 2.29. The molecular weight excluding hydrogens is 372 g/mol. The molecule has 2 aliphatic heterocycles. The van der Waals surface area contributed by atoms with E-state index in [2.05, 4.69) is 46.6 Å². The van der Waals surface area contributed by atoms with Crippen LogP contribution in [0.5, 0.6) is 0 Å². The van der Waals surface area contributed by atoms with Crippen molar-refractivity contribution in [3.8, 4) is 17.3 Å². The maximum absolute atomic E-state index is 9.34. The molecule has 3 aromatic rings. The summed E-state index contributed by atoms with van der Waals surface area (Å²) < 4.78 is 5.51. The van der Waals surface area contributed by atoms with Gasteiger partial charge in [0.1, 0.15) is 0 Å². The summed E-state index contributed by atoms with van der Waals surface area (Å²) in [5.41, 5.74) is 6.21. The van der Waals surface area contributed by atoms with Gasteiger partial charge in [0.25, 0.3) is 0 Å². The predicted molar refractivity (Wildman–Crippen MR) is 118 cm³/mol. The molecule has 1 aromatic heterocycles. The molecule has 152 valence electrons. The third-order valence-electron chi connectivity index (χ3n) is 6.19. The van der Waals surface area contributed by atoms with Crippen LogP contribution in [0.3, 0.4) is 0 Å². The summed E-state index contributed by atoms with van der Waals surface area (Å²) in [5.74, 6) is 0. The van der Waals surface area contributed by atoms with Crippen LogP contribution in [-0.4, -0.2) is 42.7 Å². The SMILES string of the molecule is N#Cc1ccc2c(CN3CCOCC3)cc(-c3ccc(C4CCCN4)cc3)nc2c1. The maximum atomic E-state index is 9.34. The van der Waals surface area contributed by atoms with Crippen LogP contribution in [0.15, 0.2) is 48.5 Å². The van der Waals surface area contributed by atoms with Crippen LogP contribution in [0.25, 0.3) is 22.2 Å². The third kappa shape index (κ3) is 3.95. The van der Waals surface area contributed by atoms with Crippen molar-refractivity contribution in [2.45, 2.75) is 25.4 Å². The Morgan fingerprint density at radius 3 is 2.67 bits per heavy atom. The predicted octanol–water partition coefficient (Wildman–Crippen LogP) is 4.03. The molecule has 2 aliphatic rings. The fourth-order valence-corrected chi connectivity index (χ4v) is 4.50. The molecular formula is C25H26N4O. The minimum absolute atomic E-state index is 0.471. The van der Waals surface area contributed by atoms with Gasteiger partial charge >= 0.3 is 0 Å². The van der Waals surface area contributed by atoms with Crippen molar-refractivity contribution in [1.29, 1.82) is 5.26 Å². The Morgan fingerprint density at radius 1 is 1.10 bits per heavy atom. The number of fused-ring (bicyclic) bond motifs is 1. The van der Waals surface area contributed by atoms with Crippen LogP contribution in [0.4, 0.5) is 0 Å². The van der Waals surface area contributed by atoms with Crippen molar-refractivity contribution in [3.05, 3.63) is 65.2 Å². The monoisotopic (exact) mass is 398 g/mol. The molecule has 2 fully saturated rings. The first-order valence-electron chi connectivity index (χ1n) is 10.8. The van der Waals surface area contributed by atoms with Gasteiger partial charge in [-0.1, -0.05) is 30.3 Å². The Labute approximate surface area is 177 Å². The summed E-state index contributed by atoms with van der Waals surface area (Å²) in [7, 11) is 0. The van der Waals surface area contributed by atoms with Crippen molar-refractivity contribution in [3.63, 3.8) is 0 Å². The number of benzene rings is 2. The van der Waals surface area contributed by atoms with E-state index in [1.165, 1.54) is 24.0 Å². The molecule has 1 unspecified atom stereocenters. The quantitative estimate of drug-likeness (QED) is 0.719. The van der Waals surface area contributed by atoms with Crippen LogP contribution in [0.1, 0.15) is 35.6 Å². The van der Waals surface area contributed by atoms with Gasteiger partial charge in [-0.3, -0.25) is 4.90 Å². The first-order chi connectivity index (χ1) is 14.8. The van der Waals surface area contributed by atoms with E-state index in [1.54, 1.807) is 0 Å². The van der Waals surface area contributed by atoms with Crippen LogP contribution >= 0.6 is 0 Å². The number of aromatic nitrogens is 1. The second-order valence-electron chi connectivity index (χ2n) is 8.17. The zero-order valence-electron chi connectivity index (χ0n) is 17.1. The lowest BCUT2D eigenvalue weighted by molar-refractivity contribution is 0.0344. The molecule has 0 bridgehead atoms. The van der Waals surface area contributed by atoms with Crippen molar-refractivity contribution in [1.82, 2.24) is 15.2 Å². The second kappa shape index (κ2) is 8.53. The molecule has 2 saturated heterocycles. The maximum Gasteiger partial charge on any atom is 0.0992 e. The number of pyridine rings is 1. The zero-order chi connectivity index (χ0) is 20.3. The average molecular weight is 399 g/mol. The number of hydrogen-bond acceptors (Lipinski definition) is 5. The second-order valence-corrected chi connectivity index (χ2v) is 8.17. The molecule has 5 heteroatoms. The minimum Gasteiger partial charge on any atom is -0.379 e. The average Bonchev–Trinajstić information content (AvgIpc) is 3.34. The number of morpholine rings is 1. The Balaban J connectivity index is 1.52. The highest BCUT2D eigenvalue weighted by Gasteiger charge is 2.17. The van der Waals surface area contributed by atoms with Crippen molar-refractivity contribution < 1.29 is 4.74 Å². The van der Waals surface area contributed by atoms with E-state index in [4.69, 9.17) is 9.72 Å². The molecule has 1 atom stereocenters. The highest BCUT2D eigenvalue weighted by atomic mass is 16.5. The molecule has 30 heavy (non-hydrogen) atoms. The van der Waals surface area contributed by atoms with Crippen molar-refractivity contribution >= 4 is 10.9 Å². The summed E-state index contributed by atoms with van der Waals surface area (Å²) >= 11 is 0. The summed E-state index contributed by atoms with van der Waals surface area (Å²) in [5, 5.41) is 14.0. The lowest BCUT2D eigenvalue weighted by Crippen LogP contribution is -2.35. The molecule has 5 nitrogen and oxygen atoms in total. The Bertz CT molecular complexity index is 1070.